The Hall–Kier alpha value is -1.46. The first-order valence-electron chi connectivity index (χ1n) is 9.87. The first-order chi connectivity index (χ1) is 14.4. The number of sulfonamides is 1. The summed E-state index contributed by atoms with van der Waals surface area (Å²) in [5.41, 5.74) is 1.06. The summed E-state index contributed by atoms with van der Waals surface area (Å²) in [4.78, 5) is 21.9. The molecule has 1 aliphatic rings. The highest BCUT2D eigenvalue weighted by molar-refractivity contribution is 7.98. The van der Waals surface area contributed by atoms with Crippen molar-refractivity contribution >= 4 is 39.0 Å². The van der Waals surface area contributed by atoms with Gasteiger partial charge in [0, 0.05) is 38.1 Å². The number of thiazole rings is 1. The number of carbonyl (C=O) groups is 1. The number of benzene rings is 1. The topological polar surface area (TPSA) is 82.6 Å². The summed E-state index contributed by atoms with van der Waals surface area (Å²) in [5, 5.41) is 3.13. The van der Waals surface area contributed by atoms with Gasteiger partial charge in [0.25, 0.3) is 0 Å². The van der Waals surface area contributed by atoms with Crippen LogP contribution in [0.1, 0.15) is 17.1 Å². The maximum Gasteiger partial charge on any atom is 0.241 e. The lowest BCUT2D eigenvalue weighted by Crippen LogP contribution is -2.54. The summed E-state index contributed by atoms with van der Waals surface area (Å²) in [6.45, 7) is 5.46. The van der Waals surface area contributed by atoms with Gasteiger partial charge in [-0.3, -0.25) is 9.69 Å². The molecule has 164 valence electrons. The Bertz CT molecular complexity index is 926. The van der Waals surface area contributed by atoms with Crippen LogP contribution in [-0.2, 0) is 21.4 Å². The number of nitrogens with one attached hydrogen (secondary N) is 1. The molecule has 3 rings (SSSR count). The number of rotatable bonds is 9. The van der Waals surface area contributed by atoms with Gasteiger partial charge >= 0.3 is 0 Å². The summed E-state index contributed by atoms with van der Waals surface area (Å²) in [6, 6.07) is 7.44. The van der Waals surface area contributed by atoms with Crippen molar-refractivity contribution in [1.82, 2.24) is 19.5 Å². The third kappa shape index (κ3) is 6.27. The van der Waals surface area contributed by atoms with E-state index in [0.29, 0.717) is 25.3 Å². The van der Waals surface area contributed by atoms with Crippen molar-refractivity contribution in [2.45, 2.75) is 30.8 Å². The maximum absolute atomic E-state index is 13.1. The number of amides is 1. The minimum atomic E-state index is -3.75. The molecule has 10 heteroatoms. The van der Waals surface area contributed by atoms with E-state index in [-0.39, 0.29) is 10.8 Å². The van der Waals surface area contributed by atoms with E-state index in [1.54, 1.807) is 46.2 Å². The SMILES string of the molecule is CSCCC(NS(=O)(=O)c1ccccc1)C(=O)N1CCN(Cc2csc(C)n2)CC1. The summed E-state index contributed by atoms with van der Waals surface area (Å²) in [6.07, 6.45) is 2.41. The van der Waals surface area contributed by atoms with Crippen LogP contribution in [0, 0.1) is 6.92 Å². The van der Waals surface area contributed by atoms with E-state index in [0.717, 1.165) is 30.3 Å². The minimum Gasteiger partial charge on any atom is -0.339 e. The number of hydrogen-bond acceptors (Lipinski definition) is 7. The molecule has 1 aromatic heterocycles. The van der Waals surface area contributed by atoms with Crippen molar-refractivity contribution in [3.63, 3.8) is 0 Å². The first kappa shape index (κ1) is 23.2. The number of nitrogens with zero attached hydrogens (tertiary/aromatic N) is 3. The van der Waals surface area contributed by atoms with Crippen molar-refractivity contribution in [1.29, 1.82) is 0 Å². The molecule has 2 heterocycles. The number of aromatic nitrogens is 1. The zero-order valence-corrected chi connectivity index (χ0v) is 19.7. The van der Waals surface area contributed by atoms with Gasteiger partial charge in [0.05, 0.1) is 15.6 Å². The second-order valence-electron chi connectivity index (χ2n) is 7.23. The van der Waals surface area contributed by atoms with Crippen LogP contribution >= 0.6 is 23.1 Å². The predicted octanol–water partition coefficient (Wildman–Crippen LogP) is 2.20. The molecule has 1 amide bonds. The fraction of sp³-hybridized carbons (Fsp3) is 0.500. The number of carbonyl (C=O) groups excluding carboxylic acids is 1. The largest absolute Gasteiger partial charge is 0.339 e. The Balaban J connectivity index is 1.61. The molecule has 0 saturated carbocycles. The molecule has 7 nitrogen and oxygen atoms in total. The van der Waals surface area contributed by atoms with E-state index in [1.807, 2.05) is 13.2 Å². The van der Waals surface area contributed by atoms with Gasteiger partial charge in [-0.1, -0.05) is 18.2 Å². The average Bonchev–Trinajstić information content (AvgIpc) is 3.16. The molecule has 1 saturated heterocycles. The number of thioether (sulfide) groups is 1. The molecule has 1 N–H and O–H groups in total. The normalized spacial score (nSPS) is 16.5. The summed E-state index contributed by atoms with van der Waals surface area (Å²) in [7, 11) is -3.75. The maximum atomic E-state index is 13.1. The third-order valence-corrected chi connectivity index (χ3v) is 7.95. The lowest BCUT2D eigenvalue weighted by molar-refractivity contribution is -0.134. The summed E-state index contributed by atoms with van der Waals surface area (Å²) >= 11 is 3.24. The van der Waals surface area contributed by atoms with Gasteiger partial charge < -0.3 is 4.90 Å². The van der Waals surface area contributed by atoms with Crippen LogP contribution in [0.25, 0.3) is 0 Å². The second kappa shape index (κ2) is 10.7. The molecule has 1 fully saturated rings. The highest BCUT2D eigenvalue weighted by atomic mass is 32.2. The molecule has 0 spiro atoms. The van der Waals surface area contributed by atoms with Crippen molar-refractivity contribution in [3.8, 4) is 0 Å². The van der Waals surface area contributed by atoms with Crippen molar-refractivity contribution in [2.24, 2.45) is 0 Å². The molecule has 2 aromatic rings. The Labute approximate surface area is 186 Å². The lowest BCUT2D eigenvalue weighted by atomic mass is 10.2. The molecule has 0 aliphatic carbocycles. The van der Waals surface area contributed by atoms with E-state index >= 15 is 0 Å². The molecular weight excluding hydrogens is 440 g/mol. The molecule has 1 unspecified atom stereocenters. The van der Waals surface area contributed by atoms with E-state index < -0.39 is 16.1 Å². The van der Waals surface area contributed by atoms with Crippen molar-refractivity contribution in [3.05, 3.63) is 46.4 Å². The molecule has 30 heavy (non-hydrogen) atoms. The summed E-state index contributed by atoms with van der Waals surface area (Å²) < 4.78 is 28.1. The highest BCUT2D eigenvalue weighted by Gasteiger charge is 2.31. The van der Waals surface area contributed by atoms with E-state index in [2.05, 4.69) is 20.0 Å². The van der Waals surface area contributed by atoms with Gasteiger partial charge in [-0.25, -0.2) is 13.4 Å². The third-order valence-electron chi connectivity index (χ3n) is 5.00. The van der Waals surface area contributed by atoms with Gasteiger partial charge in [0.15, 0.2) is 0 Å². The molecule has 0 radical (unpaired) electrons. The Morgan fingerprint density at radius 1 is 1.23 bits per heavy atom. The van der Waals surface area contributed by atoms with Gasteiger partial charge in [-0.15, -0.1) is 11.3 Å². The second-order valence-corrected chi connectivity index (χ2v) is 11.0. The zero-order chi connectivity index (χ0) is 21.6. The van der Waals surface area contributed by atoms with Crippen LogP contribution in [0.3, 0.4) is 0 Å². The Morgan fingerprint density at radius 2 is 1.93 bits per heavy atom. The fourth-order valence-electron chi connectivity index (χ4n) is 3.38. The van der Waals surface area contributed by atoms with Crippen molar-refractivity contribution in [2.75, 3.05) is 38.2 Å². The zero-order valence-electron chi connectivity index (χ0n) is 17.3. The van der Waals surface area contributed by atoms with Crippen LogP contribution in [0.15, 0.2) is 40.6 Å². The number of hydrogen-bond donors (Lipinski definition) is 1. The quantitative estimate of drug-likeness (QED) is 0.608. The average molecular weight is 469 g/mol. The van der Waals surface area contributed by atoms with E-state index in [9.17, 15) is 13.2 Å². The Morgan fingerprint density at radius 3 is 2.53 bits per heavy atom. The minimum absolute atomic E-state index is 0.146. The van der Waals surface area contributed by atoms with Gasteiger partial charge in [-0.2, -0.15) is 16.5 Å². The van der Waals surface area contributed by atoms with Gasteiger partial charge in [0.2, 0.25) is 15.9 Å². The van der Waals surface area contributed by atoms with Crippen LogP contribution in [-0.4, -0.2) is 73.3 Å². The van der Waals surface area contributed by atoms with Crippen molar-refractivity contribution < 1.29 is 13.2 Å². The van der Waals surface area contributed by atoms with Gasteiger partial charge in [0.1, 0.15) is 6.04 Å². The standard InChI is InChI=1S/C20H28N4O3S3/c1-16-21-17(15-29-16)14-23-9-11-24(12-10-23)20(25)19(8-13-28-2)22-30(26,27)18-6-4-3-5-7-18/h3-7,15,19,22H,8-14H2,1-2H3. The molecule has 1 aliphatic heterocycles. The lowest BCUT2D eigenvalue weighted by Gasteiger charge is -2.36. The molecule has 1 aromatic carbocycles. The molecule has 1 atom stereocenters. The van der Waals surface area contributed by atoms with Crippen LogP contribution in [0.5, 0.6) is 0 Å². The van der Waals surface area contributed by atoms with E-state index in [4.69, 9.17) is 0 Å². The first-order valence-corrected chi connectivity index (χ1v) is 13.6. The summed E-state index contributed by atoms with van der Waals surface area (Å²) in [5.74, 6) is 0.560. The smallest absolute Gasteiger partial charge is 0.241 e. The molecule has 0 bridgehead atoms. The monoisotopic (exact) mass is 468 g/mol. The van der Waals surface area contributed by atoms with Gasteiger partial charge in [-0.05, 0) is 37.5 Å². The van der Waals surface area contributed by atoms with Crippen LogP contribution in [0.2, 0.25) is 0 Å². The van der Waals surface area contributed by atoms with E-state index in [1.165, 1.54) is 12.1 Å². The highest BCUT2D eigenvalue weighted by Crippen LogP contribution is 2.15. The predicted molar refractivity (Wildman–Crippen MR) is 122 cm³/mol. The fourth-order valence-corrected chi connectivity index (χ4v) is 5.70. The number of piperazine rings is 1. The Kier molecular flexibility index (Phi) is 8.29. The number of aryl methyl sites for hydroxylation is 1. The van der Waals surface area contributed by atoms with Crippen LogP contribution < -0.4 is 4.72 Å². The van der Waals surface area contributed by atoms with Crippen LogP contribution in [0.4, 0.5) is 0 Å². The molecular formula is C20H28N4O3S3.